The van der Waals surface area contributed by atoms with Crippen molar-refractivity contribution in [1.29, 1.82) is 0 Å². The number of aliphatic hydroxyl groups is 5. The summed E-state index contributed by atoms with van der Waals surface area (Å²) < 4.78 is 33.5. The third-order valence-corrected chi connectivity index (χ3v) is 11.6. The zero-order valence-corrected chi connectivity index (χ0v) is 36.3. The van der Waals surface area contributed by atoms with Crippen molar-refractivity contribution in [3.63, 3.8) is 0 Å². The monoisotopic (exact) mass is 837 g/mol. The van der Waals surface area contributed by atoms with Gasteiger partial charge in [0, 0.05) is 12.8 Å². The van der Waals surface area contributed by atoms with Gasteiger partial charge in [0.05, 0.1) is 6.61 Å². The van der Waals surface area contributed by atoms with Crippen LogP contribution in [0.25, 0.3) is 0 Å². The van der Waals surface area contributed by atoms with Gasteiger partial charge in [-0.2, -0.15) is 0 Å². The van der Waals surface area contributed by atoms with Crippen molar-refractivity contribution in [3.8, 4) is 0 Å². The first kappa shape index (κ1) is 53.6. The van der Waals surface area contributed by atoms with E-state index in [0.717, 1.165) is 57.8 Å². The Kier molecular flexibility index (Phi) is 32.3. The lowest BCUT2D eigenvalue weighted by atomic mass is 9.85. The van der Waals surface area contributed by atoms with Crippen LogP contribution in [-0.4, -0.2) is 98.3 Å². The van der Waals surface area contributed by atoms with Crippen LogP contribution in [0.1, 0.15) is 194 Å². The summed E-state index contributed by atoms with van der Waals surface area (Å²) in [6, 6.07) is 0. The molecule has 0 saturated heterocycles. The Hall–Kier alpha value is -1.41. The first-order valence-electron chi connectivity index (χ1n) is 22.5. The molecule has 0 bridgehead atoms. The number of carbonyl (C=O) groups excluding carboxylic acids is 2. The summed E-state index contributed by atoms with van der Waals surface area (Å²) in [4.78, 5) is 35.6. The number of aliphatic hydroxyl groups excluding tert-OH is 5. The van der Waals surface area contributed by atoms with Crippen molar-refractivity contribution >= 4 is 19.8 Å². The second-order valence-electron chi connectivity index (χ2n) is 15.9. The standard InChI is InChI=1S/C43H81O13P/c1-3-5-7-9-11-13-15-16-17-18-19-20-22-24-26-28-30-32-37(45)55-35(33-53-36(44)31-29-27-25-23-21-14-12-10-8-6-4-2)34-54-57(51,52)56-43-41(49)39(47)38(46)40(48)42(43)50/h10,12,35,38-43,46-50H,3-9,11,13-34H2,1-2H3,(H,51,52)/b12-10-/t35-,38?,39-,40?,41?,42?,43?/m1/s1. The van der Waals surface area contributed by atoms with Crippen LogP contribution in [0.4, 0.5) is 0 Å². The second-order valence-corrected chi connectivity index (χ2v) is 17.3. The summed E-state index contributed by atoms with van der Waals surface area (Å²) >= 11 is 0. The summed E-state index contributed by atoms with van der Waals surface area (Å²) in [5, 5.41) is 50.1. The molecule has 1 saturated carbocycles. The number of phosphoric acid groups is 1. The molecule has 6 N–H and O–H groups in total. The van der Waals surface area contributed by atoms with Gasteiger partial charge in [0.2, 0.25) is 0 Å². The van der Waals surface area contributed by atoms with E-state index in [0.29, 0.717) is 12.8 Å². The molecule has 8 atom stereocenters. The first-order chi connectivity index (χ1) is 27.4. The van der Waals surface area contributed by atoms with Gasteiger partial charge in [-0.05, 0) is 32.1 Å². The minimum Gasteiger partial charge on any atom is -0.462 e. The van der Waals surface area contributed by atoms with Gasteiger partial charge in [0.15, 0.2) is 6.10 Å². The zero-order chi connectivity index (χ0) is 42.2. The van der Waals surface area contributed by atoms with Crippen molar-refractivity contribution in [3.05, 3.63) is 12.2 Å². The van der Waals surface area contributed by atoms with Crippen molar-refractivity contribution in [2.24, 2.45) is 0 Å². The fraction of sp³-hybridized carbons (Fsp3) is 0.907. The van der Waals surface area contributed by atoms with Crippen molar-refractivity contribution in [1.82, 2.24) is 0 Å². The van der Waals surface area contributed by atoms with Crippen LogP contribution < -0.4 is 0 Å². The number of allylic oxidation sites excluding steroid dienone is 2. The number of phosphoric ester groups is 1. The summed E-state index contributed by atoms with van der Waals surface area (Å²) in [7, 11) is -5.11. The number of ether oxygens (including phenoxy) is 2. The topological polar surface area (TPSA) is 210 Å². The Labute approximate surface area is 343 Å². The SMILES string of the molecule is CCCC/C=C\CCCCCCCC(=O)OC[C@H](COP(=O)(O)OC1C(O)C(O)C(O)[C@@H](O)C1O)OC(=O)CCCCCCCCCCCCCCCCCCC. The van der Waals surface area contributed by atoms with E-state index in [2.05, 4.69) is 26.0 Å². The van der Waals surface area contributed by atoms with E-state index in [4.69, 9.17) is 18.5 Å². The van der Waals surface area contributed by atoms with Gasteiger partial charge in [0.1, 0.15) is 43.2 Å². The minimum absolute atomic E-state index is 0.101. The zero-order valence-electron chi connectivity index (χ0n) is 35.4. The van der Waals surface area contributed by atoms with Crippen LogP contribution in [0.2, 0.25) is 0 Å². The number of esters is 2. The van der Waals surface area contributed by atoms with Crippen molar-refractivity contribution < 1.29 is 63.1 Å². The fourth-order valence-electron chi connectivity index (χ4n) is 6.92. The molecule has 6 unspecified atom stereocenters. The number of rotatable bonds is 37. The number of hydrogen-bond acceptors (Lipinski definition) is 12. The van der Waals surface area contributed by atoms with E-state index in [1.165, 1.54) is 96.3 Å². The average molecular weight is 837 g/mol. The Morgan fingerprint density at radius 1 is 0.526 bits per heavy atom. The molecule has 0 amide bonds. The predicted octanol–water partition coefficient (Wildman–Crippen LogP) is 8.28. The number of hydrogen-bond donors (Lipinski definition) is 6. The third-order valence-electron chi connectivity index (χ3n) is 10.6. The van der Waals surface area contributed by atoms with Gasteiger partial charge < -0.3 is 39.9 Å². The molecule has 1 fully saturated rings. The lowest BCUT2D eigenvalue weighted by Crippen LogP contribution is -2.64. The van der Waals surface area contributed by atoms with Crippen molar-refractivity contribution in [2.75, 3.05) is 13.2 Å². The highest BCUT2D eigenvalue weighted by atomic mass is 31.2. The van der Waals surface area contributed by atoms with E-state index in [1.54, 1.807) is 0 Å². The van der Waals surface area contributed by atoms with Crippen molar-refractivity contribution in [2.45, 2.75) is 236 Å². The molecule has 0 radical (unpaired) electrons. The second kappa shape index (κ2) is 34.3. The fourth-order valence-corrected chi connectivity index (χ4v) is 7.89. The van der Waals surface area contributed by atoms with E-state index < -0.39 is 75.7 Å². The molecule has 0 aromatic carbocycles. The highest BCUT2D eigenvalue weighted by Crippen LogP contribution is 2.47. The highest BCUT2D eigenvalue weighted by molar-refractivity contribution is 7.47. The molecular weight excluding hydrogens is 755 g/mol. The van der Waals surface area contributed by atoms with Gasteiger partial charge in [0.25, 0.3) is 0 Å². The Morgan fingerprint density at radius 3 is 1.39 bits per heavy atom. The normalized spacial score (nSPS) is 22.7. The number of carbonyl (C=O) groups is 2. The van der Waals surface area contributed by atoms with Crippen LogP contribution in [0.15, 0.2) is 12.2 Å². The molecule has 336 valence electrons. The van der Waals surface area contributed by atoms with Crippen LogP contribution in [-0.2, 0) is 32.7 Å². The van der Waals surface area contributed by atoms with E-state index in [1.807, 2.05) is 0 Å². The lowest BCUT2D eigenvalue weighted by molar-refractivity contribution is -0.220. The number of unbranched alkanes of at least 4 members (excludes halogenated alkanes) is 23. The minimum atomic E-state index is -5.11. The van der Waals surface area contributed by atoms with Crippen LogP contribution in [0.3, 0.4) is 0 Å². The smallest absolute Gasteiger partial charge is 0.462 e. The van der Waals surface area contributed by atoms with Gasteiger partial charge in [-0.15, -0.1) is 0 Å². The lowest BCUT2D eigenvalue weighted by Gasteiger charge is -2.41. The molecule has 1 aliphatic carbocycles. The van der Waals surface area contributed by atoms with E-state index in [9.17, 15) is 44.6 Å². The average Bonchev–Trinajstić information content (AvgIpc) is 3.19. The maximum atomic E-state index is 12.8. The van der Waals surface area contributed by atoms with Gasteiger partial charge in [-0.25, -0.2) is 4.57 Å². The largest absolute Gasteiger partial charge is 0.472 e. The molecule has 1 aliphatic rings. The highest BCUT2D eigenvalue weighted by Gasteiger charge is 2.51. The Balaban J connectivity index is 2.45. The molecule has 1 rings (SSSR count). The van der Waals surface area contributed by atoms with Crippen LogP contribution in [0, 0.1) is 0 Å². The molecule has 0 spiro atoms. The van der Waals surface area contributed by atoms with Gasteiger partial charge in [-0.3, -0.25) is 18.6 Å². The molecule has 13 nitrogen and oxygen atoms in total. The first-order valence-corrected chi connectivity index (χ1v) is 24.0. The molecule has 0 aliphatic heterocycles. The summed E-state index contributed by atoms with van der Waals surface area (Å²) in [6.45, 7) is 3.26. The summed E-state index contributed by atoms with van der Waals surface area (Å²) in [5.74, 6) is -1.10. The maximum absolute atomic E-state index is 12.8. The summed E-state index contributed by atoms with van der Waals surface area (Å²) in [5.41, 5.74) is 0. The Morgan fingerprint density at radius 2 is 0.912 bits per heavy atom. The van der Waals surface area contributed by atoms with Gasteiger partial charge in [-0.1, -0.05) is 161 Å². The maximum Gasteiger partial charge on any atom is 0.472 e. The van der Waals surface area contributed by atoms with Crippen LogP contribution in [0.5, 0.6) is 0 Å². The molecule has 0 aromatic heterocycles. The van der Waals surface area contributed by atoms with E-state index >= 15 is 0 Å². The molecular formula is C43H81O13P. The molecule has 0 aromatic rings. The Bertz CT molecular complexity index is 1060. The van der Waals surface area contributed by atoms with E-state index in [-0.39, 0.29) is 12.8 Å². The molecule has 14 heteroatoms. The third kappa shape index (κ3) is 27.1. The molecule has 0 heterocycles. The molecule has 57 heavy (non-hydrogen) atoms. The predicted molar refractivity (Wildman–Crippen MR) is 221 cm³/mol. The summed E-state index contributed by atoms with van der Waals surface area (Å²) in [6.07, 6.45) is 21.3. The quantitative estimate of drug-likeness (QED) is 0.0151. The van der Waals surface area contributed by atoms with Gasteiger partial charge >= 0.3 is 19.8 Å². The van der Waals surface area contributed by atoms with Crippen LogP contribution >= 0.6 is 7.82 Å².